The van der Waals surface area contributed by atoms with Crippen LogP contribution in [-0.4, -0.2) is 22.8 Å². The maximum Gasteiger partial charge on any atom is 0.196 e. The van der Waals surface area contributed by atoms with Gasteiger partial charge in [-0.05, 0) is 61.6 Å². The number of ketones is 1. The number of benzene rings is 2. The number of nitrogens with zero attached hydrogens (tertiary/aromatic N) is 1. The molecule has 0 saturated heterocycles. The number of rotatable bonds is 7. The summed E-state index contributed by atoms with van der Waals surface area (Å²) in [4.78, 5) is 17.3. The highest BCUT2D eigenvalue weighted by Crippen LogP contribution is 2.43. The van der Waals surface area contributed by atoms with Crippen LogP contribution in [0.15, 0.2) is 48.5 Å². The first kappa shape index (κ1) is 25.4. The second kappa shape index (κ2) is 11.5. The molecule has 0 atom stereocenters. The predicted molar refractivity (Wildman–Crippen MR) is 148 cm³/mol. The number of thiophene rings is 1. The van der Waals surface area contributed by atoms with Gasteiger partial charge in [0.25, 0.3) is 0 Å². The lowest BCUT2D eigenvalue weighted by Crippen LogP contribution is -2.44. The molecule has 0 bridgehead atoms. The van der Waals surface area contributed by atoms with E-state index in [0.29, 0.717) is 45.3 Å². The van der Waals surface area contributed by atoms with E-state index in [2.05, 4.69) is 4.90 Å². The quantitative estimate of drug-likeness (QED) is 0.315. The number of nitrogen functional groups attached to an aromatic ring is 1. The monoisotopic (exact) mass is 524 g/mol. The molecule has 0 amide bonds. The Kier molecular flexibility index (Phi) is 8.09. The molecular formula is C30H34ClFN2OS. The molecule has 2 N–H and O–H groups in total. The van der Waals surface area contributed by atoms with Gasteiger partial charge in [0.05, 0.1) is 10.6 Å². The molecule has 3 nitrogen and oxygen atoms in total. The second-order valence-corrected chi connectivity index (χ2v) is 11.7. The van der Waals surface area contributed by atoms with E-state index in [1.165, 1.54) is 81.6 Å². The number of nitrogens with two attached hydrogens (primary N) is 1. The Hall–Kier alpha value is -2.21. The van der Waals surface area contributed by atoms with Crippen molar-refractivity contribution in [1.29, 1.82) is 0 Å². The minimum Gasteiger partial charge on any atom is -0.390 e. The molecule has 1 aromatic heterocycles. The van der Waals surface area contributed by atoms with Gasteiger partial charge in [-0.15, -0.1) is 11.3 Å². The van der Waals surface area contributed by atoms with E-state index < -0.39 is 0 Å². The molecule has 0 aliphatic heterocycles. The van der Waals surface area contributed by atoms with E-state index in [1.807, 2.05) is 6.07 Å². The lowest BCUT2D eigenvalue weighted by atomic mass is 9.87. The normalized spacial score (nSPS) is 17.5. The molecule has 0 spiro atoms. The van der Waals surface area contributed by atoms with Crippen molar-refractivity contribution in [2.45, 2.75) is 82.8 Å². The molecule has 2 saturated carbocycles. The molecule has 5 rings (SSSR count). The topological polar surface area (TPSA) is 46.3 Å². The van der Waals surface area contributed by atoms with Gasteiger partial charge in [-0.3, -0.25) is 9.69 Å². The molecule has 6 heteroatoms. The van der Waals surface area contributed by atoms with Crippen molar-refractivity contribution in [3.63, 3.8) is 0 Å². The van der Waals surface area contributed by atoms with Gasteiger partial charge in [0.1, 0.15) is 5.82 Å². The number of carbonyl (C=O) groups is 1. The zero-order chi connectivity index (χ0) is 25.1. The van der Waals surface area contributed by atoms with Gasteiger partial charge >= 0.3 is 0 Å². The third-order valence-corrected chi connectivity index (χ3v) is 9.26. The molecule has 2 aromatic carbocycles. The summed E-state index contributed by atoms with van der Waals surface area (Å²) in [6, 6.07) is 14.8. The van der Waals surface area contributed by atoms with Crippen molar-refractivity contribution >= 4 is 33.7 Å². The van der Waals surface area contributed by atoms with Gasteiger partial charge in [0.2, 0.25) is 0 Å². The molecule has 2 aliphatic rings. The fourth-order valence-electron chi connectivity index (χ4n) is 6.06. The Labute approximate surface area is 222 Å². The van der Waals surface area contributed by atoms with Gasteiger partial charge < -0.3 is 5.73 Å². The van der Waals surface area contributed by atoms with Crippen molar-refractivity contribution in [2.75, 3.05) is 5.73 Å². The standard InChI is InChI=1S/C30H34ClFN2OS/c31-21-17-15-20(16-18-21)28(35)27-25(29(36-30(27)33)24-13-7-8-14-26(24)32)19-34(22-9-3-1-4-10-22)23-11-5-2-6-12-23/h7-8,13-18,22-23H,1-6,9-12,19,33H2. The van der Waals surface area contributed by atoms with Gasteiger partial charge in [-0.1, -0.05) is 68.3 Å². The largest absolute Gasteiger partial charge is 0.390 e. The van der Waals surface area contributed by atoms with E-state index in [1.54, 1.807) is 36.4 Å². The Bertz CT molecular complexity index is 1180. The van der Waals surface area contributed by atoms with E-state index in [9.17, 15) is 4.79 Å². The van der Waals surface area contributed by atoms with Crippen LogP contribution in [0.5, 0.6) is 0 Å². The maximum absolute atomic E-state index is 15.1. The van der Waals surface area contributed by atoms with Crippen LogP contribution in [0.1, 0.15) is 85.7 Å². The van der Waals surface area contributed by atoms with Crippen LogP contribution in [-0.2, 0) is 6.54 Å². The van der Waals surface area contributed by atoms with Gasteiger partial charge in [0.15, 0.2) is 5.78 Å². The molecule has 2 aliphatic carbocycles. The first-order valence-corrected chi connectivity index (χ1v) is 14.4. The summed E-state index contributed by atoms with van der Waals surface area (Å²) in [5, 5.41) is 1.04. The molecule has 0 unspecified atom stereocenters. The fourth-order valence-corrected chi connectivity index (χ4v) is 7.29. The summed E-state index contributed by atoms with van der Waals surface area (Å²) >= 11 is 7.42. The third-order valence-electron chi connectivity index (χ3n) is 7.91. The Morgan fingerprint density at radius 3 is 2.08 bits per heavy atom. The lowest BCUT2D eigenvalue weighted by molar-refractivity contribution is 0.0728. The number of carbonyl (C=O) groups excluding carboxylic acids is 1. The predicted octanol–water partition coefficient (Wildman–Crippen LogP) is 8.49. The van der Waals surface area contributed by atoms with Crippen LogP contribution < -0.4 is 5.73 Å². The minimum atomic E-state index is -0.285. The van der Waals surface area contributed by atoms with E-state index in [4.69, 9.17) is 17.3 Å². The number of hydrogen-bond acceptors (Lipinski definition) is 4. The Morgan fingerprint density at radius 2 is 1.50 bits per heavy atom. The van der Waals surface area contributed by atoms with Gasteiger partial charge in [0, 0.05) is 39.7 Å². The van der Waals surface area contributed by atoms with Crippen molar-refractivity contribution in [3.05, 3.63) is 76.1 Å². The van der Waals surface area contributed by atoms with Crippen LogP contribution in [0.3, 0.4) is 0 Å². The van der Waals surface area contributed by atoms with Crippen LogP contribution >= 0.6 is 22.9 Å². The average Bonchev–Trinajstić information content (AvgIpc) is 3.23. The Morgan fingerprint density at radius 1 is 0.917 bits per heavy atom. The summed E-state index contributed by atoms with van der Waals surface area (Å²) in [6.07, 6.45) is 12.3. The summed E-state index contributed by atoms with van der Waals surface area (Å²) in [7, 11) is 0. The van der Waals surface area contributed by atoms with Crippen LogP contribution in [0, 0.1) is 5.82 Å². The summed E-state index contributed by atoms with van der Waals surface area (Å²) in [5.41, 5.74) is 9.03. The van der Waals surface area contributed by atoms with E-state index >= 15 is 4.39 Å². The van der Waals surface area contributed by atoms with Crippen LogP contribution in [0.2, 0.25) is 5.02 Å². The number of hydrogen-bond donors (Lipinski definition) is 1. The average molecular weight is 525 g/mol. The first-order chi connectivity index (χ1) is 17.5. The van der Waals surface area contributed by atoms with Crippen molar-refractivity contribution in [2.24, 2.45) is 0 Å². The third kappa shape index (κ3) is 5.39. The summed E-state index contributed by atoms with van der Waals surface area (Å²) in [5.74, 6) is -0.405. The van der Waals surface area contributed by atoms with Crippen molar-refractivity contribution in [3.8, 4) is 10.4 Å². The minimum absolute atomic E-state index is 0.120. The SMILES string of the molecule is Nc1sc(-c2ccccc2F)c(CN(C2CCCCC2)C2CCCCC2)c1C(=O)c1ccc(Cl)cc1. The first-order valence-electron chi connectivity index (χ1n) is 13.2. The van der Waals surface area contributed by atoms with Crippen molar-refractivity contribution < 1.29 is 9.18 Å². The molecule has 190 valence electrons. The molecule has 0 radical (unpaired) electrons. The molecular weight excluding hydrogens is 491 g/mol. The highest BCUT2D eigenvalue weighted by atomic mass is 35.5. The fraction of sp³-hybridized carbons (Fsp3) is 0.433. The Balaban J connectivity index is 1.61. The number of halogens is 2. The van der Waals surface area contributed by atoms with Crippen LogP contribution in [0.4, 0.5) is 9.39 Å². The van der Waals surface area contributed by atoms with E-state index in [-0.39, 0.29) is 11.6 Å². The van der Waals surface area contributed by atoms with Crippen molar-refractivity contribution in [1.82, 2.24) is 4.90 Å². The molecule has 1 heterocycles. The highest BCUT2D eigenvalue weighted by molar-refractivity contribution is 7.20. The van der Waals surface area contributed by atoms with Gasteiger partial charge in [-0.2, -0.15) is 0 Å². The molecule has 3 aromatic rings. The zero-order valence-electron chi connectivity index (χ0n) is 20.6. The molecule has 2 fully saturated rings. The lowest BCUT2D eigenvalue weighted by Gasteiger charge is -2.42. The molecule has 36 heavy (non-hydrogen) atoms. The highest BCUT2D eigenvalue weighted by Gasteiger charge is 2.33. The summed E-state index contributed by atoms with van der Waals surface area (Å²) in [6.45, 7) is 0.626. The maximum atomic E-state index is 15.1. The second-order valence-electron chi connectivity index (χ2n) is 10.2. The number of anilines is 1. The summed E-state index contributed by atoms with van der Waals surface area (Å²) < 4.78 is 15.1. The van der Waals surface area contributed by atoms with Gasteiger partial charge in [-0.25, -0.2) is 4.39 Å². The zero-order valence-corrected chi connectivity index (χ0v) is 22.2. The smallest absolute Gasteiger partial charge is 0.196 e. The van der Waals surface area contributed by atoms with E-state index in [0.717, 1.165) is 10.4 Å². The van der Waals surface area contributed by atoms with Crippen LogP contribution in [0.25, 0.3) is 10.4 Å².